The Morgan fingerprint density at radius 2 is 2.31 bits per heavy atom. The standard InChI is InChI=1S/C10H8FNO/c1-7(6-12)9-5-8(11)3-4-10(9)13-2/h3-5H,1H2,2H3. The molecule has 0 aliphatic heterocycles. The van der Waals surface area contributed by atoms with Gasteiger partial charge in [-0.1, -0.05) is 6.58 Å². The van der Waals surface area contributed by atoms with Gasteiger partial charge < -0.3 is 4.74 Å². The molecule has 0 aliphatic rings. The Kier molecular flexibility index (Phi) is 2.65. The van der Waals surface area contributed by atoms with Crippen LogP contribution in [0.15, 0.2) is 24.8 Å². The van der Waals surface area contributed by atoms with E-state index in [-0.39, 0.29) is 5.57 Å². The summed E-state index contributed by atoms with van der Waals surface area (Å²) < 4.78 is 17.7. The van der Waals surface area contributed by atoms with Gasteiger partial charge in [0.05, 0.1) is 18.8 Å². The van der Waals surface area contributed by atoms with Gasteiger partial charge in [0.15, 0.2) is 0 Å². The molecule has 0 atom stereocenters. The molecule has 0 saturated heterocycles. The van der Waals surface area contributed by atoms with Crippen LogP contribution in [0.2, 0.25) is 0 Å². The number of allylic oxidation sites excluding steroid dienone is 1. The molecule has 0 heterocycles. The van der Waals surface area contributed by atoms with E-state index in [1.165, 1.54) is 25.3 Å². The highest BCUT2D eigenvalue weighted by Gasteiger charge is 2.06. The van der Waals surface area contributed by atoms with Gasteiger partial charge >= 0.3 is 0 Å². The number of rotatable bonds is 2. The van der Waals surface area contributed by atoms with Crippen molar-refractivity contribution in [2.75, 3.05) is 7.11 Å². The van der Waals surface area contributed by atoms with Crippen molar-refractivity contribution < 1.29 is 9.13 Å². The van der Waals surface area contributed by atoms with E-state index in [2.05, 4.69) is 6.58 Å². The number of nitriles is 1. The van der Waals surface area contributed by atoms with Crippen molar-refractivity contribution in [3.8, 4) is 11.8 Å². The molecule has 13 heavy (non-hydrogen) atoms. The smallest absolute Gasteiger partial charge is 0.127 e. The first-order valence-electron chi connectivity index (χ1n) is 3.62. The third kappa shape index (κ3) is 1.85. The Bertz CT molecular complexity index is 379. The highest BCUT2D eigenvalue weighted by molar-refractivity contribution is 5.78. The summed E-state index contributed by atoms with van der Waals surface area (Å²) in [5.74, 6) is 0.0418. The van der Waals surface area contributed by atoms with Gasteiger partial charge in [-0.25, -0.2) is 4.39 Å². The monoisotopic (exact) mass is 177 g/mol. The quantitative estimate of drug-likeness (QED) is 0.649. The Labute approximate surface area is 75.9 Å². The minimum absolute atomic E-state index is 0.191. The third-order valence-electron chi connectivity index (χ3n) is 1.62. The summed E-state index contributed by atoms with van der Waals surface area (Å²) in [7, 11) is 1.46. The van der Waals surface area contributed by atoms with E-state index in [4.69, 9.17) is 10.00 Å². The number of nitrogens with zero attached hydrogens (tertiary/aromatic N) is 1. The Balaban J connectivity index is 3.25. The van der Waals surface area contributed by atoms with Crippen LogP contribution in [0.1, 0.15) is 5.56 Å². The van der Waals surface area contributed by atoms with Gasteiger partial charge in [-0.15, -0.1) is 0 Å². The van der Waals surface area contributed by atoms with Crippen molar-refractivity contribution in [1.82, 2.24) is 0 Å². The molecule has 1 aromatic rings. The second-order valence-electron chi connectivity index (χ2n) is 2.43. The summed E-state index contributed by atoms with van der Waals surface area (Å²) >= 11 is 0. The molecule has 1 rings (SSSR count). The number of hydrogen-bond donors (Lipinski definition) is 0. The fourth-order valence-electron chi connectivity index (χ4n) is 0.976. The summed E-state index contributed by atoms with van der Waals surface area (Å²) in [4.78, 5) is 0. The molecule has 0 saturated carbocycles. The normalized spacial score (nSPS) is 9.00. The van der Waals surface area contributed by atoms with Crippen LogP contribution in [0, 0.1) is 17.1 Å². The second kappa shape index (κ2) is 3.72. The Hall–Kier alpha value is -1.82. The Morgan fingerprint density at radius 3 is 2.85 bits per heavy atom. The van der Waals surface area contributed by atoms with Crippen LogP contribution < -0.4 is 4.74 Å². The van der Waals surface area contributed by atoms with Gasteiger partial charge in [-0.05, 0) is 18.2 Å². The number of ether oxygens (including phenoxy) is 1. The van der Waals surface area contributed by atoms with Gasteiger partial charge in [-0.2, -0.15) is 5.26 Å². The zero-order chi connectivity index (χ0) is 9.84. The first-order chi connectivity index (χ1) is 6.19. The van der Waals surface area contributed by atoms with E-state index in [0.717, 1.165) is 0 Å². The molecule has 0 aliphatic carbocycles. The molecule has 66 valence electrons. The molecule has 0 bridgehead atoms. The molecule has 0 radical (unpaired) electrons. The predicted molar refractivity (Wildman–Crippen MR) is 47.6 cm³/mol. The topological polar surface area (TPSA) is 33.0 Å². The van der Waals surface area contributed by atoms with Crippen molar-refractivity contribution in [2.24, 2.45) is 0 Å². The summed E-state index contributed by atoms with van der Waals surface area (Å²) in [5, 5.41) is 8.57. The SMILES string of the molecule is C=C(C#N)c1cc(F)ccc1OC. The molecule has 0 N–H and O–H groups in total. The third-order valence-corrected chi connectivity index (χ3v) is 1.62. The number of benzene rings is 1. The van der Waals surface area contributed by atoms with Crippen LogP contribution in [0.5, 0.6) is 5.75 Å². The van der Waals surface area contributed by atoms with Gasteiger partial charge in [0.25, 0.3) is 0 Å². The molecular formula is C10H8FNO. The van der Waals surface area contributed by atoms with Crippen molar-refractivity contribution in [3.05, 3.63) is 36.2 Å². The van der Waals surface area contributed by atoms with Crippen LogP contribution in [0.3, 0.4) is 0 Å². The van der Waals surface area contributed by atoms with Gasteiger partial charge in [0.2, 0.25) is 0 Å². The van der Waals surface area contributed by atoms with E-state index in [1.807, 2.05) is 6.07 Å². The lowest BCUT2D eigenvalue weighted by molar-refractivity contribution is 0.412. The van der Waals surface area contributed by atoms with Crippen molar-refractivity contribution in [2.45, 2.75) is 0 Å². The number of methoxy groups -OCH3 is 1. The first-order valence-corrected chi connectivity index (χ1v) is 3.62. The maximum atomic E-state index is 12.8. The van der Waals surface area contributed by atoms with Gasteiger partial charge in [0.1, 0.15) is 11.6 Å². The first kappa shape index (κ1) is 9.27. The number of halogens is 1. The molecule has 3 heteroatoms. The zero-order valence-corrected chi connectivity index (χ0v) is 7.17. The number of hydrogen-bond acceptors (Lipinski definition) is 2. The summed E-state index contributed by atoms with van der Waals surface area (Å²) in [5.41, 5.74) is 0.585. The highest BCUT2D eigenvalue weighted by atomic mass is 19.1. The molecular weight excluding hydrogens is 169 g/mol. The van der Waals surface area contributed by atoms with E-state index in [0.29, 0.717) is 11.3 Å². The van der Waals surface area contributed by atoms with Crippen LogP contribution in [-0.4, -0.2) is 7.11 Å². The molecule has 0 aromatic heterocycles. The van der Waals surface area contributed by atoms with E-state index >= 15 is 0 Å². The fourth-order valence-corrected chi connectivity index (χ4v) is 0.976. The van der Waals surface area contributed by atoms with Crippen molar-refractivity contribution in [1.29, 1.82) is 5.26 Å². The maximum Gasteiger partial charge on any atom is 0.127 e. The van der Waals surface area contributed by atoms with Gasteiger partial charge in [0, 0.05) is 5.56 Å². The molecule has 2 nitrogen and oxygen atoms in total. The van der Waals surface area contributed by atoms with Crippen LogP contribution in [0.4, 0.5) is 4.39 Å². The molecule has 0 unspecified atom stereocenters. The summed E-state index contributed by atoms with van der Waals surface area (Å²) in [6.07, 6.45) is 0. The highest BCUT2D eigenvalue weighted by Crippen LogP contribution is 2.24. The molecule has 1 aromatic carbocycles. The average Bonchev–Trinajstić information content (AvgIpc) is 2.16. The predicted octanol–water partition coefficient (Wildman–Crippen LogP) is 2.37. The fraction of sp³-hybridized carbons (Fsp3) is 0.100. The maximum absolute atomic E-state index is 12.8. The largest absolute Gasteiger partial charge is 0.496 e. The van der Waals surface area contributed by atoms with Crippen LogP contribution in [0.25, 0.3) is 5.57 Å². The average molecular weight is 177 g/mol. The minimum Gasteiger partial charge on any atom is -0.496 e. The lowest BCUT2D eigenvalue weighted by Gasteiger charge is -2.05. The lowest BCUT2D eigenvalue weighted by atomic mass is 10.1. The Morgan fingerprint density at radius 1 is 1.62 bits per heavy atom. The van der Waals surface area contributed by atoms with E-state index in [1.54, 1.807) is 0 Å². The molecule has 0 amide bonds. The molecule has 0 spiro atoms. The van der Waals surface area contributed by atoms with E-state index < -0.39 is 5.82 Å². The lowest BCUT2D eigenvalue weighted by Crippen LogP contribution is -1.90. The summed E-state index contributed by atoms with van der Waals surface area (Å²) in [6, 6.07) is 5.80. The van der Waals surface area contributed by atoms with E-state index in [9.17, 15) is 4.39 Å². The zero-order valence-electron chi connectivity index (χ0n) is 7.17. The van der Waals surface area contributed by atoms with Crippen molar-refractivity contribution in [3.63, 3.8) is 0 Å². The molecule has 0 fully saturated rings. The van der Waals surface area contributed by atoms with Crippen LogP contribution >= 0.6 is 0 Å². The van der Waals surface area contributed by atoms with Crippen molar-refractivity contribution >= 4 is 5.57 Å². The van der Waals surface area contributed by atoms with Crippen LogP contribution in [-0.2, 0) is 0 Å². The second-order valence-corrected chi connectivity index (χ2v) is 2.43. The van der Waals surface area contributed by atoms with Gasteiger partial charge in [-0.3, -0.25) is 0 Å². The summed E-state index contributed by atoms with van der Waals surface area (Å²) in [6.45, 7) is 3.49. The minimum atomic E-state index is -0.410.